The molecule has 3 aliphatic heterocycles. The third-order valence-corrected chi connectivity index (χ3v) is 6.60. The zero-order valence-corrected chi connectivity index (χ0v) is 15.6. The number of hydrogen-bond donors (Lipinski definition) is 1. The van der Waals surface area contributed by atoms with Crippen LogP contribution in [0.2, 0.25) is 0 Å². The van der Waals surface area contributed by atoms with Crippen molar-refractivity contribution < 1.29 is 9.59 Å². The van der Waals surface area contributed by atoms with E-state index in [1.807, 2.05) is 47.4 Å². The van der Waals surface area contributed by atoms with Crippen molar-refractivity contribution in [3.63, 3.8) is 0 Å². The van der Waals surface area contributed by atoms with Gasteiger partial charge < -0.3 is 15.1 Å². The summed E-state index contributed by atoms with van der Waals surface area (Å²) in [4.78, 5) is 30.1. The molecule has 4 fully saturated rings. The van der Waals surface area contributed by atoms with Crippen LogP contribution < -0.4 is 5.32 Å². The Hall–Kier alpha value is -2.40. The van der Waals surface area contributed by atoms with Crippen molar-refractivity contribution in [1.29, 1.82) is 0 Å². The zero-order chi connectivity index (χ0) is 18.6. The second-order valence-corrected chi connectivity index (χ2v) is 8.54. The van der Waals surface area contributed by atoms with Crippen LogP contribution in [-0.2, 0) is 4.79 Å². The molecule has 1 N–H and O–H groups in total. The zero-order valence-electron chi connectivity index (χ0n) is 15.6. The van der Waals surface area contributed by atoms with Crippen molar-refractivity contribution in [3.8, 4) is 0 Å². The summed E-state index contributed by atoms with van der Waals surface area (Å²) in [6.45, 7) is 2.52. The van der Waals surface area contributed by atoms with Crippen molar-refractivity contribution >= 4 is 22.6 Å². The topological polar surface area (TPSA) is 52.7 Å². The van der Waals surface area contributed by atoms with Crippen LogP contribution in [0.5, 0.6) is 0 Å². The summed E-state index contributed by atoms with van der Waals surface area (Å²) in [5.41, 5.74) is 0.479. The van der Waals surface area contributed by atoms with Crippen LogP contribution in [0.25, 0.3) is 10.8 Å². The summed E-state index contributed by atoms with van der Waals surface area (Å²) in [5, 5.41) is 5.32. The third kappa shape index (κ3) is 2.72. The van der Waals surface area contributed by atoms with Gasteiger partial charge in [-0.25, -0.2) is 0 Å². The highest BCUT2D eigenvalue weighted by atomic mass is 16.2. The first kappa shape index (κ1) is 16.8. The third-order valence-electron chi connectivity index (χ3n) is 6.60. The number of rotatable bonds is 3. The summed E-state index contributed by atoms with van der Waals surface area (Å²) < 4.78 is 0. The molecule has 4 aliphatic rings. The van der Waals surface area contributed by atoms with Crippen LogP contribution in [0.4, 0.5) is 0 Å². The lowest BCUT2D eigenvalue weighted by molar-refractivity contribution is -0.135. The van der Waals surface area contributed by atoms with E-state index in [-0.39, 0.29) is 23.3 Å². The van der Waals surface area contributed by atoms with Crippen LogP contribution in [0.3, 0.4) is 0 Å². The minimum Gasteiger partial charge on any atom is -0.345 e. The van der Waals surface area contributed by atoms with E-state index < -0.39 is 0 Å². The molecular weight excluding hydrogens is 338 g/mol. The van der Waals surface area contributed by atoms with Gasteiger partial charge in [0.05, 0.1) is 11.5 Å². The van der Waals surface area contributed by atoms with Crippen LogP contribution >= 0.6 is 0 Å². The quantitative estimate of drug-likeness (QED) is 0.910. The van der Waals surface area contributed by atoms with Crippen LogP contribution in [0.1, 0.15) is 29.6 Å². The molecule has 0 radical (unpaired) electrons. The molecule has 6 rings (SSSR count). The average molecular weight is 363 g/mol. The second-order valence-electron chi connectivity index (χ2n) is 8.54. The number of amides is 2. The summed E-state index contributed by atoms with van der Waals surface area (Å²) in [5.74, 6) is 0.378. The molecule has 5 nitrogen and oxygen atoms in total. The standard InChI is InChI=1S/C22H25N3O2/c1-24-10-9-16(13-24)21(27)25-14-22(11-17(25)12-22)23-20(26)19-8-4-6-15-5-2-3-7-18(15)19/h2-8,16-17H,9-14H2,1H3,(H,23,26)/t16-,17?,22?/m0/s1. The molecule has 27 heavy (non-hydrogen) atoms. The molecule has 2 amide bonds. The predicted octanol–water partition coefficient (Wildman–Crippen LogP) is 2.26. The van der Waals surface area contributed by atoms with Gasteiger partial charge in [-0.05, 0) is 49.7 Å². The Labute approximate surface area is 159 Å². The van der Waals surface area contributed by atoms with E-state index in [1.165, 1.54) is 0 Å². The van der Waals surface area contributed by atoms with Gasteiger partial charge in [-0.15, -0.1) is 0 Å². The Balaban J connectivity index is 1.31. The van der Waals surface area contributed by atoms with E-state index in [2.05, 4.69) is 17.3 Å². The second kappa shape index (κ2) is 6.06. The van der Waals surface area contributed by atoms with Gasteiger partial charge in [-0.2, -0.15) is 0 Å². The van der Waals surface area contributed by atoms with Gasteiger partial charge in [-0.1, -0.05) is 36.4 Å². The number of nitrogens with zero attached hydrogens (tertiary/aromatic N) is 2. The monoisotopic (exact) mass is 363 g/mol. The smallest absolute Gasteiger partial charge is 0.252 e. The van der Waals surface area contributed by atoms with Gasteiger partial charge in [-0.3, -0.25) is 9.59 Å². The molecule has 3 saturated heterocycles. The molecule has 2 bridgehead atoms. The number of fused-ring (bicyclic) bond motifs is 2. The minimum atomic E-state index is -0.237. The van der Waals surface area contributed by atoms with E-state index in [4.69, 9.17) is 0 Å². The first-order valence-corrected chi connectivity index (χ1v) is 9.84. The summed E-state index contributed by atoms with van der Waals surface area (Å²) in [6.07, 6.45) is 2.73. The summed E-state index contributed by atoms with van der Waals surface area (Å²) in [6, 6.07) is 14.1. The molecule has 3 heterocycles. The molecule has 0 aromatic heterocycles. The number of hydrogen-bond acceptors (Lipinski definition) is 3. The highest BCUT2D eigenvalue weighted by Gasteiger charge is 2.58. The lowest BCUT2D eigenvalue weighted by Crippen LogP contribution is -2.55. The fourth-order valence-corrected chi connectivity index (χ4v) is 5.15. The van der Waals surface area contributed by atoms with Gasteiger partial charge >= 0.3 is 0 Å². The van der Waals surface area contributed by atoms with E-state index in [0.717, 1.165) is 43.1 Å². The van der Waals surface area contributed by atoms with Crippen LogP contribution in [0.15, 0.2) is 42.5 Å². The van der Waals surface area contributed by atoms with Gasteiger partial charge in [0, 0.05) is 24.7 Å². The molecule has 1 aliphatic carbocycles. The first-order chi connectivity index (χ1) is 13.0. The Morgan fingerprint density at radius 1 is 1.11 bits per heavy atom. The Kier molecular flexibility index (Phi) is 3.76. The summed E-state index contributed by atoms with van der Waals surface area (Å²) in [7, 11) is 2.07. The Morgan fingerprint density at radius 3 is 2.67 bits per heavy atom. The van der Waals surface area contributed by atoms with Crippen molar-refractivity contribution in [3.05, 3.63) is 48.0 Å². The number of benzene rings is 2. The molecule has 0 spiro atoms. The average Bonchev–Trinajstić information content (AvgIpc) is 3.33. The molecule has 140 valence electrons. The molecular formula is C22H25N3O2. The largest absolute Gasteiger partial charge is 0.345 e. The lowest BCUT2D eigenvalue weighted by Gasteiger charge is -2.37. The van der Waals surface area contributed by atoms with Crippen molar-refractivity contribution in [2.24, 2.45) is 5.92 Å². The minimum absolute atomic E-state index is 0.0276. The predicted molar refractivity (Wildman–Crippen MR) is 104 cm³/mol. The normalized spacial score (nSPS) is 29.7. The van der Waals surface area contributed by atoms with Gasteiger partial charge in [0.1, 0.15) is 0 Å². The molecule has 0 unspecified atom stereocenters. The lowest BCUT2D eigenvalue weighted by atomic mass is 9.77. The Bertz CT molecular complexity index is 913. The first-order valence-electron chi connectivity index (χ1n) is 9.84. The molecule has 5 heteroatoms. The Morgan fingerprint density at radius 2 is 1.89 bits per heavy atom. The fraction of sp³-hybridized carbons (Fsp3) is 0.455. The maximum absolute atomic E-state index is 13.0. The molecule has 2 aromatic rings. The van der Waals surface area contributed by atoms with Crippen LogP contribution in [0, 0.1) is 5.92 Å². The van der Waals surface area contributed by atoms with Crippen molar-refractivity contribution in [2.45, 2.75) is 30.8 Å². The van der Waals surface area contributed by atoms with Crippen LogP contribution in [-0.4, -0.2) is 59.9 Å². The van der Waals surface area contributed by atoms with E-state index in [0.29, 0.717) is 18.2 Å². The number of carbonyl (C=O) groups is 2. The number of likely N-dealkylation sites (tertiary alicyclic amines) is 1. The summed E-state index contributed by atoms with van der Waals surface area (Å²) >= 11 is 0. The van der Waals surface area contributed by atoms with E-state index in [9.17, 15) is 9.59 Å². The van der Waals surface area contributed by atoms with Gasteiger partial charge in [0.15, 0.2) is 0 Å². The molecule has 1 saturated carbocycles. The van der Waals surface area contributed by atoms with Gasteiger partial charge in [0.2, 0.25) is 5.91 Å². The van der Waals surface area contributed by atoms with E-state index in [1.54, 1.807) is 0 Å². The molecule has 2 aromatic carbocycles. The molecule has 1 atom stereocenters. The van der Waals surface area contributed by atoms with Crippen molar-refractivity contribution in [1.82, 2.24) is 15.1 Å². The maximum Gasteiger partial charge on any atom is 0.252 e. The van der Waals surface area contributed by atoms with E-state index >= 15 is 0 Å². The highest BCUT2D eigenvalue weighted by molar-refractivity contribution is 6.07. The van der Waals surface area contributed by atoms with Crippen molar-refractivity contribution in [2.75, 3.05) is 26.7 Å². The SMILES string of the molecule is CN1CC[C@H](C(=O)N2CC3(NC(=O)c4cccc5ccccc45)CC2C3)C1. The van der Waals surface area contributed by atoms with Gasteiger partial charge in [0.25, 0.3) is 5.91 Å². The fourth-order valence-electron chi connectivity index (χ4n) is 5.15. The number of nitrogens with one attached hydrogen (secondary N) is 1. The number of carbonyl (C=O) groups excluding carboxylic acids is 2. The highest BCUT2D eigenvalue weighted by Crippen LogP contribution is 2.45. The maximum atomic E-state index is 13.0.